The summed E-state index contributed by atoms with van der Waals surface area (Å²) in [6, 6.07) is 7.96. The molecule has 0 aromatic heterocycles. The number of unbranched alkanes of at least 4 members (excludes halogenated alkanes) is 2. The molecule has 0 aliphatic rings. The second-order valence-electron chi connectivity index (χ2n) is 3.28. The number of aryl methyl sites for hydroxylation is 1. The highest BCUT2D eigenvalue weighted by atomic mass is 16.5. The number of carbonyl (C=O) groups excluding carboxylic acids is 1. The summed E-state index contributed by atoms with van der Waals surface area (Å²) in [5.41, 5.74) is 1.16. The molecule has 0 saturated carbocycles. The molecule has 0 unspecified atom stereocenters. The first-order valence-electron chi connectivity index (χ1n) is 4.96. The van der Waals surface area contributed by atoms with E-state index in [0.29, 0.717) is 13.0 Å². The minimum Gasteiger partial charge on any atom is -0.493 e. The monoisotopic (exact) mass is 192 g/mol. The molecule has 0 aliphatic carbocycles. The molecule has 0 heterocycles. The van der Waals surface area contributed by atoms with Crippen LogP contribution < -0.4 is 4.74 Å². The largest absolute Gasteiger partial charge is 0.493 e. The Morgan fingerprint density at radius 1 is 1.29 bits per heavy atom. The Labute approximate surface area is 84.9 Å². The molecule has 14 heavy (non-hydrogen) atoms. The fourth-order valence-electron chi connectivity index (χ4n) is 1.23. The lowest BCUT2D eigenvalue weighted by Gasteiger charge is -2.07. The maximum Gasteiger partial charge on any atom is 0.122 e. The normalized spacial score (nSPS) is 9.79. The Morgan fingerprint density at radius 3 is 2.79 bits per heavy atom. The second-order valence-corrected chi connectivity index (χ2v) is 3.28. The molecule has 2 heteroatoms. The lowest BCUT2D eigenvalue weighted by atomic mass is 10.2. The van der Waals surface area contributed by atoms with E-state index >= 15 is 0 Å². The highest BCUT2D eigenvalue weighted by Crippen LogP contribution is 2.16. The van der Waals surface area contributed by atoms with E-state index in [1.165, 1.54) is 0 Å². The van der Waals surface area contributed by atoms with Gasteiger partial charge in [-0.25, -0.2) is 0 Å². The number of ether oxygens (including phenoxy) is 1. The topological polar surface area (TPSA) is 26.3 Å². The molecule has 76 valence electrons. The minimum absolute atomic E-state index is 0.636. The van der Waals surface area contributed by atoms with Crippen LogP contribution in [0.4, 0.5) is 0 Å². The van der Waals surface area contributed by atoms with Crippen LogP contribution in [-0.2, 0) is 4.79 Å². The van der Waals surface area contributed by atoms with Crippen molar-refractivity contribution < 1.29 is 9.53 Å². The number of benzene rings is 1. The summed E-state index contributed by atoms with van der Waals surface area (Å²) in [4.78, 5) is 10.1. The Balaban J connectivity index is 2.24. The Morgan fingerprint density at radius 2 is 2.07 bits per heavy atom. The third kappa shape index (κ3) is 3.60. The first-order valence-corrected chi connectivity index (χ1v) is 4.96. The van der Waals surface area contributed by atoms with Gasteiger partial charge in [-0.15, -0.1) is 0 Å². The highest BCUT2D eigenvalue weighted by Gasteiger charge is 1.96. The van der Waals surface area contributed by atoms with E-state index in [1.807, 2.05) is 31.2 Å². The molecule has 0 saturated heterocycles. The summed E-state index contributed by atoms with van der Waals surface area (Å²) in [6.45, 7) is 2.72. The fourth-order valence-corrected chi connectivity index (χ4v) is 1.23. The van der Waals surface area contributed by atoms with Crippen molar-refractivity contribution in [1.29, 1.82) is 0 Å². The average Bonchev–Trinajstić information content (AvgIpc) is 2.20. The van der Waals surface area contributed by atoms with Gasteiger partial charge >= 0.3 is 0 Å². The van der Waals surface area contributed by atoms with E-state index in [0.717, 1.165) is 30.4 Å². The number of rotatable bonds is 6. The third-order valence-electron chi connectivity index (χ3n) is 2.07. The van der Waals surface area contributed by atoms with Crippen LogP contribution in [-0.4, -0.2) is 12.9 Å². The predicted molar refractivity (Wildman–Crippen MR) is 56.6 cm³/mol. The molecule has 0 N–H and O–H groups in total. The molecule has 0 aliphatic heterocycles. The van der Waals surface area contributed by atoms with Gasteiger partial charge in [0.05, 0.1) is 6.61 Å². The zero-order valence-electron chi connectivity index (χ0n) is 8.53. The van der Waals surface area contributed by atoms with Gasteiger partial charge in [0.1, 0.15) is 12.0 Å². The maximum absolute atomic E-state index is 10.1. The minimum atomic E-state index is 0.636. The lowest BCUT2D eigenvalue weighted by Crippen LogP contribution is -1.98. The van der Waals surface area contributed by atoms with Gasteiger partial charge in [-0.1, -0.05) is 18.2 Å². The molecule has 1 aromatic rings. The first-order chi connectivity index (χ1) is 6.84. The van der Waals surface area contributed by atoms with Crippen molar-refractivity contribution in [2.45, 2.75) is 26.2 Å². The molecule has 0 spiro atoms. The van der Waals surface area contributed by atoms with Crippen LogP contribution in [0.5, 0.6) is 5.75 Å². The second kappa shape index (κ2) is 6.19. The fraction of sp³-hybridized carbons (Fsp3) is 0.417. The summed E-state index contributed by atoms with van der Waals surface area (Å²) < 4.78 is 5.57. The molecular formula is C12H16O2. The molecule has 0 atom stereocenters. The van der Waals surface area contributed by atoms with Crippen molar-refractivity contribution in [1.82, 2.24) is 0 Å². The molecule has 0 amide bonds. The summed E-state index contributed by atoms with van der Waals surface area (Å²) in [7, 11) is 0. The maximum atomic E-state index is 10.1. The molecule has 0 radical (unpaired) electrons. The summed E-state index contributed by atoms with van der Waals surface area (Å²) in [5, 5.41) is 0. The highest BCUT2D eigenvalue weighted by molar-refractivity contribution is 5.48. The van der Waals surface area contributed by atoms with E-state index in [4.69, 9.17) is 4.74 Å². The SMILES string of the molecule is Cc1ccccc1OCCCCC=O. The number of carbonyl (C=O) groups is 1. The zero-order valence-corrected chi connectivity index (χ0v) is 8.53. The Kier molecular flexibility index (Phi) is 4.76. The van der Waals surface area contributed by atoms with Crippen molar-refractivity contribution >= 4 is 6.29 Å². The van der Waals surface area contributed by atoms with E-state index in [2.05, 4.69) is 0 Å². The van der Waals surface area contributed by atoms with Gasteiger partial charge in [-0.3, -0.25) is 0 Å². The van der Waals surface area contributed by atoms with Gasteiger partial charge in [0, 0.05) is 6.42 Å². The van der Waals surface area contributed by atoms with Crippen LogP contribution in [0.15, 0.2) is 24.3 Å². The van der Waals surface area contributed by atoms with Crippen molar-refractivity contribution in [3.05, 3.63) is 29.8 Å². The van der Waals surface area contributed by atoms with Gasteiger partial charge in [0.25, 0.3) is 0 Å². The van der Waals surface area contributed by atoms with Crippen molar-refractivity contribution in [2.24, 2.45) is 0 Å². The van der Waals surface area contributed by atoms with Crippen LogP contribution in [0.25, 0.3) is 0 Å². The lowest BCUT2D eigenvalue weighted by molar-refractivity contribution is -0.107. The van der Waals surface area contributed by atoms with Crippen LogP contribution >= 0.6 is 0 Å². The Hall–Kier alpha value is -1.31. The van der Waals surface area contributed by atoms with E-state index < -0.39 is 0 Å². The molecule has 0 bridgehead atoms. The summed E-state index contributed by atoms with van der Waals surface area (Å²) >= 11 is 0. The molecule has 0 fully saturated rings. The molecule has 1 aromatic carbocycles. The standard InChI is InChI=1S/C12H16O2/c1-11-7-3-4-8-12(11)14-10-6-2-5-9-13/h3-4,7-9H,2,5-6,10H2,1H3. The first kappa shape index (κ1) is 10.8. The summed E-state index contributed by atoms with van der Waals surface area (Å²) in [6.07, 6.45) is 3.44. The molecule has 2 nitrogen and oxygen atoms in total. The Bertz CT molecular complexity index is 281. The number of hydrogen-bond donors (Lipinski definition) is 0. The summed E-state index contributed by atoms with van der Waals surface area (Å²) in [5.74, 6) is 0.943. The van der Waals surface area contributed by atoms with E-state index in [1.54, 1.807) is 0 Å². The van der Waals surface area contributed by atoms with Crippen molar-refractivity contribution in [2.75, 3.05) is 6.61 Å². The predicted octanol–water partition coefficient (Wildman–Crippen LogP) is 2.74. The van der Waals surface area contributed by atoms with Crippen molar-refractivity contribution in [3.8, 4) is 5.75 Å². The van der Waals surface area contributed by atoms with Crippen LogP contribution in [0.1, 0.15) is 24.8 Å². The zero-order chi connectivity index (χ0) is 10.2. The number of para-hydroxylation sites is 1. The molecular weight excluding hydrogens is 176 g/mol. The van der Waals surface area contributed by atoms with Gasteiger partial charge in [0.15, 0.2) is 0 Å². The average molecular weight is 192 g/mol. The molecule has 1 rings (SSSR count). The number of hydrogen-bond acceptors (Lipinski definition) is 2. The number of aldehydes is 1. The van der Waals surface area contributed by atoms with Crippen LogP contribution in [0.3, 0.4) is 0 Å². The van der Waals surface area contributed by atoms with Gasteiger partial charge in [-0.2, -0.15) is 0 Å². The third-order valence-corrected chi connectivity index (χ3v) is 2.07. The van der Waals surface area contributed by atoms with Gasteiger partial charge in [0.2, 0.25) is 0 Å². The van der Waals surface area contributed by atoms with Gasteiger partial charge in [-0.05, 0) is 31.4 Å². The smallest absolute Gasteiger partial charge is 0.122 e. The van der Waals surface area contributed by atoms with Gasteiger partial charge < -0.3 is 9.53 Å². The quantitative estimate of drug-likeness (QED) is 0.511. The van der Waals surface area contributed by atoms with Crippen LogP contribution in [0.2, 0.25) is 0 Å². The van der Waals surface area contributed by atoms with Crippen molar-refractivity contribution in [3.63, 3.8) is 0 Å². The van der Waals surface area contributed by atoms with Crippen LogP contribution in [0, 0.1) is 6.92 Å². The van der Waals surface area contributed by atoms with E-state index in [9.17, 15) is 4.79 Å². The van der Waals surface area contributed by atoms with E-state index in [-0.39, 0.29) is 0 Å².